The van der Waals surface area contributed by atoms with E-state index in [4.69, 9.17) is 11.6 Å². The number of nitrogens with one attached hydrogen (secondary N) is 1. The summed E-state index contributed by atoms with van der Waals surface area (Å²) in [5.74, 6) is -0.0575. The number of hydrogen-bond acceptors (Lipinski definition) is 5. The molecule has 2 aromatic heterocycles. The lowest BCUT2D eigenvalue weighted by molar-refractivity contribution is -0.113. The molecule has 0 atom stereocenters. The Hall–Kier alpha value is -2.09. The second-order valence-corrected chi connectivity index (χ2v) is 7.81. The summed E-state index contributed by atoms with van der Waals surface area (Å²) in [5.41, 5.74) is 1.48. The minimum absolute atomic E-state index is 0.121. The molecule has 0 saturated carbocycles. The SMILES string of the molecule is C=CCn1c(SCC(=O)Nc2cc(Cl)ccc2C)nc2sccc2c1=O. The molecular formula is C18H16ClN3O2S2. The molecule has 134 valence electrons. The average Bonchev–Trinajstić information content (AvgIpc) is 3.08. The Morgan fingerprint density at radius 3 is 3.04 bits per heavy atom. The van der Waals surface area contributed by atoms with Crippen LogP contribution in [0.4, 0.5) is 5.69 Å². The van der Waals surface area contributed by atoms with Crippen molar-refractivity contribution in [3.05, 3.63) is 63.2 Å². The van der Waals surface area contributed by atoms with Gasteiger partial charge in [0.05, 0.1) is 11.1 Å². The molecule has 1 aromatic carbocycles. The first-order valence-corrected chi connectivity index (χ1v) is 10.0. The van der Waals surface area contributed by atoms with E-state index >= 15 is 0 Å². The second-order valence-electron chi connectivity index (χ2n) is 5.53. The zero-order chi connectivity index (χ0) is 18.7. The summed E-state index contributed by atoms with van der Waals surface area (Å²) in [6.45, 7) is 5.93. The monoisotopic (exact) mass is 405 g/mol. The first-order valence-electron chi connectivity index (χ1n) is 7.77. The molecule has 0 fully saturated rings. The number of halogens is 1. The van der Waals surface area contributed by atoms with Crippen molar-refractivity contribution in [2.24, 2.45) is 0 Å². The number of fused-ring (bicyclic) bond motifs is 1. The predicted octanol–water partition coefficient (Wildman–Crippen LogP) is 4.34. The minimum atomic E-state index is -0.189. The molecule has 3 aromatic rings. The third-order valence-corrected chi connectivity index (χ3v) is 5.68. The lowest BCUT2D eigenvalue weighted by Crippen LogP contribution is -2.23. The van der Waals surface area contributed by atoms with Gasteiger partial charge in [-0.25, -0.2) is 4.98 Å². The summed E-state index contributed by atoms with van der Waals surface area (Å²) in [4.78, 5) is 30.1. The number of thioether (sulfide) groups is 1. The highest BCUT2D eigenvalue weighted by molar-refractivity contribution is 7.99. The Kier molecular flexibility index (Phi) is 5.80. The van der Waals surface area contributed by atoms with Gasteiger partial charge in [-0.1, -0.05) is 35.5 Å². The lowest BCUT2D eigenvalue weighted by atomic mass is 10.2. The van der Waals surface area contributed by atoms with Gasteiger partial charge in [0.2, 0.25) is 5.91 Å². The molecule has 26 heavy (non-hydrogen) atoms. The first kappa shape index (κ1) is 18.7. The molecule has 0 bridgehead atoms. The van der Waals surface area contributed by atoms with Crippen LogP contribution in [0.3, 0.4) is 0 Å². The summed E-state index contributed by atoms with van der Waals surface area (Å²) in [6.07, 6.45) is 1.64. The highest BCUT2D eigenvalue weighted by atomic mass is 35.5. The molecule has 1 amide bonds. The number of aryl methyl sites for hydroxylation is 1. The number of thiophene rings is 1. The topological polar surface area (TPSA) is 64.0 Å². The van der Waals surface area contributed by atoms with E-state index in [9.17, 15) is 9.59 Å². The highest BCUT2D eigenvalue weighted by Gasteiger charge is 2.14. The van der Waals surface area contributed by atoms with E-state index in [1.807, 2.05) is 18.4 Å². The van der Waals surface area contributed by atoms with Crippen molar-refractivity contribution in [3.8, 4) is 0 Å². The third kappa shape index (κ3) is 4.00. The van der Waals surface area contributed by atoms with Crippen molar-refractivity contribution in [2.45, 2.75) is 18.6 Å². The van der Waals surface area contributed by atoms with Gasteiger partial charge in [0, 0.05) is 17.3 Å². The van der Waals surface area contributed by atoms with E-state index < -0.39 is 0 Å². The Morgan fingerprint density at radius 2 is 2.27 bits per heavy atom. The Bertz CT molecular complexity index is 1040. The van der Waals surface area contributed by atoms with Crippen molar-refractivity contribution < 1.29 is 4.79 Å². The molecule has 0 aliphatic heterocycles. The molecule has 5 nitrogen and oxygen atoms in total. The number of nitrogens with zero attached hydrogens (tertiary/aromatic N) is 2. The van der Waals surface area contributed by atoms with E-state index in [2.05, 4.69) is 16.9 Å². The number of carbonyl (C=O) groups is 1. The summed E-state index contributed by atoms with van der Waals surface area (Å²) < 4.78 is 1.53. The van der Waals surface area contributed by atoms with Crippen LogP contribution in [0.25, 0.3) is 10.2 Å². The number of anilines is 1. The zero-order valence-electron chi connectivity index (χ0n) is 14.0. The van der Waals surface area contributed by atoms with Crippen molar-refractivity contribution in [3.63, 3.8) is 0 Å². The largest absolute Gasteiger partial charge is 0.325 e. The van der Waals surface area contributed by atoms with Gasteiger partial charge in [-0.3, -0.25) is 14.2 Å². The Morgan fingerprint density at radius 1 is 1.46 bits per heavy atom. The van der Waals surface area contributed by atoms with Gasteiger partial charge < -0.3 is 5.32 Å². The molecule has 0 radical (unpaired) electrons. The van der Waals surface area contributed by atoms with Gasteiger partial charge >= 0.3 is 0 Å². The van der Waals surface area contributed by atoms with Crippen LogP contribution in [0.5, 0.6) is 0 Å². The maximum absolute atomic E-state index is 12.6. The molecule has 3 rings (SSSR count). The number of rotatable bonds is 6. The molecular weight excluding hydrogens is 390 g/mol. The fraction of sp³-hybridized carbons (Fsp3) is 0.167. The number of carbonyl (C=O) groups excluding carboxylic acids is 1. The molecule has 2 heterocycles. The summed E-state index contributed by atoms with van der Waals surface area (Å²) in [6, 6.07) is 7.09. The van der Waals surface area contributed by atoms with Crippen LogP contribution < -0.4 is 10.9 Å². The molecule has 8 heteroatoms. The number of allylic oxidation sites excluding steroid dienone is 1. The van der Waals surface area contributed by atoms with Crippen molar-refractivity contribution in [2.75, 3.05) is 11.1 Å². The molecule has 0 aliphatic rings. The van der Waals surface area contributed by atoms with E-state index in [1.54, 1.807) is 24.3 Å². The van der Waals surface area contributed by atoms with Crippen molar-refractivity contribution >= 4 is 56.5 Å². The fourth-order valence-corrected chi connectivity index (χ4v) is 4.16. The number of hydrogen-bond donors (Lipinski definition) is 1. The fourth-order valence-electron chi connectivity index (χ4n) is 2.38. The van der Waals surface area contributed by atoms with Crippen molar-refractivity contribution in [1.82, 2.24) is 9.55 Å². The standard InChI is InChI=1S/C18H16ClN3O2S2/c1-3-7-22-17(24)13-6-8-25-16(13)21-18(22)26-10-15(23)20-14-9-12(19)5-4-11(14)2/h3-6,8-9H,1,7,10H2,2H3,(H,20,23). The van der Waals surface area contributed by atoms with E-state index in [1.165, 1.54) is 27.7 Å². The van der Waals surface area contributed by atoms with Crippen LogP contribution in [-0.4, -0.2) is 21.2 Å². The predicted molar refractivity (Wildman–Crippen MR) is 110 cm³/mol. The molecule has 0 spiro atoms. The molecule has 1 N–H and O–H groups in total. The first-order chi connectivity index (χ1) is 12.5. The van der Waals surface area contributed by atoms with Crippen molar-refractivity contribution in [1.29, 1.82) is 0 Å². The molecule has 0 aliphatic carbocycles. The minimum Gasteiger partial charge on any atom is -0.325 e. The summed E-state index contributed by atoms with van der Waals surface area (Å²) in [5, 5.41) is 6.32. The molecule has 0 unspecified atom stereocenters. The third-order valence-electron chi connectivity index (χ3n) is 3.67. The quantitative estimate of drug-likeness (QED) is 0.376. The lowest BCUT2D eigenvalue weighted by Gasteiger charge is -2.11. The summed E-state index contributed by atoms with van der Waals surface area (Å²) in [7, 11) is 0. The normalized spacial score (nSPS) is 10.8. The van der Waals surface area contributed by atoms with E-state index in [0.717, 1.165) is 5.56 Å². The van der Waals surface area contributed by atoms with Crippen LogP contribution in [0.1, 0.15) is 5.56 Å². The zero-order valence-corrected chi connectivity index (χ0v) is 16.4. The number of benzene rings is 1. The van der Waals surface area contributed by atoms with Gasteiger partial charge in [-0.15, -0.1) is 17.9 Å². The summed E-state index contributed by atoms with van der Waals surface area (Å²) >= 11 is 8.60. The van der Waals surface area contributed by atoms with E-state index in [-0.39, 0.29) is 17.2 Å². The Balaban J connectivity index is 1.79. The number of amides is 1. The maximum atomic E-state index is 12.6. The van der Waals surface area contributed by atoms with Gasteiger partial charge in [0.25, 0.3) is 5.56 Å². The van der Waals surface area contributed by atoms with Crippen LogP contribution in [0.2, 0.25) is 5.02 Å². The molecule has 0 saturated heterocycles. The van der Waals surface area contributed by atoms with E-state index in [0.29, 0.717) is 32.6 Å². The highest BCUT2D eigenvalue weighted by Crippen LogP contribution is 2.23. The smallest absolute Gasteiger partial charge is 0.263 e. The van der Waals surface area contributed by atoms with Crippen LogP contribution in [-0.2, 0) is 11.3 Å². The maximum Gasteiger partial charge on any atom is 0.263 e. The van der Waals surface area contributed by atoms with Gasteiger partial charge in [-0.2, -0.15) is 0 Å². The van der Waals surface area contributed by atoms with Gasteiger partial charge in [0.15, 0.2) is 5.16 Å². The number of aromatic nitrogens is 2. The van der Waals surface area contributed by atoms with Crippen LogP contribution >= 0.6 is 34.7 Å². The van der Waals surface area contributed by atoms with Crippen LogP contribution in [0, 0.1) is 6.92 Å². The van der Waals surface area contributed by atoms with Crippen LogP contribution in [0.15, 0.2) is 52.3 Å². The van der Waals surface area contributed by atoms with Gasteiger partial charge in [-0.05, 0) is 36.1 Å². The van der Waals surface area contributed by atoms with Gasteiger partial charge in [0.1, 0.15) is 4.83 Å². The average molecular weight is 406 g/mol. The second kappa shape index (κ2) is 8.07. The Labute approximate surface area is 163 Å².